The quantitative estimate of drug-likeness (QED) is 0.429. The number of halogens is 3. The summed E-state index contributed by atoms with van der Waals surface area (Å²) in [5.41, 5.74) is 1.26. The fourth-order valence-corrected chi connectivity index (χ4v) is 3.45. The number of nitrogens with one attached hydrogen (secondary N) is 1. The molecule has 176 valence electrons. The van der Waals surface area contributed by atoms with Crippen LogP contribution in [0.5, 0.6) is 0 Å². The van der Waals surface area contributed by atoms with Gasteiger partial charge in [0.1, 0.15) is 17.8 Å². The summed E-state index contributed by atoms with van der Waals surface area (Å²) in [6.45, 7) is 2.72. The lowest BCUT2D eigenvalue weighted by Gasteiger charge is -2.11. The van der Waals surface area contributed by atoms with Gasteiger partial charge in [-0.25, -0.2) is 14.3 Å². The van der Waals surface area contributed by atoms with Crippen LogP contribution >= 0.6 is 0 Å². The van der Waals surface area contributed by atoms with E-state index in [2.05, 4.69) is 20.5 Å². The molecular weight excluding hydrogens is 453 g/mol. The minimum atomic E-state index is -4.62. The maximum absolute atomic E-state index is 13.2. The first-order chi connectivity index (χ1) is 16.2. The van der Waals surface area contributed by atoms with Crippen molar-refractivity contribution in [1.29, 1.82) is 0 Å². The summed E-state index contributed by atoms with van der Waals surface area (Å²) in [5.74, 6) is -1.22. The molecule has 1 N–H and O–H groups in total. The monoisotopic (exact) mass is 472 g/mol. The molecular formula is C22H19F3N6O3. The normalized spacial score (nSPS) is 11.6. The molecule has 9 nitrogen and oxygen atoms in total. The molecule has 1 aromatic carbocycles. The van der Waals surface area contributed by atoms with Gasteiger partial charge >= 0.3 is 12.1 Å². The van der Waals surface area contributed by atoms with Gasteiger partial charge in [0.2, 0.25) is 5.91 Å². The van der Waals surface area contributed by atoms with Crippen LogP contribution in [0.1, 0.15) is 28.7 Å². The third-order valence-electron chi connectivity index (χ3n) is 4.82. The minimum Gasteiger partial charge on any atom is -0.462 e. The predicted octanol–water partition coefficient (Wildman–Crippen LogP) is 3.74. The Labute approximate surface area is 191 Å². The maximum Gasteiger partial charge on any atom is 0.433 e. The number of aryl methyl sites for hydroxylation is 1. The number of ether oxygens (including phenoxy) is 1. The molecule has 0 aliphatic carbocycles. The second-order valence-corrected chi connectivity index (χ2v) is 7.30. The molecule has 34 heavy (non-hydrogen) atoms. The second kappa shape index (κ2) is 8.96. The standard InChI is InChI=1S/C22H19F3N6O3/c1-3-34-21(33)16-11-27-31-17(7-8-26-20(16)31)14-5-4-6-15(10-14)28-19(32)12-30-18(22(23,24)25)9-13(2)29-30/h4-11H,3,12H2,1-2H3,(H,28,32). The average Bonchev–Trinajstić information content (AvgIpc) is 3.37. The molecule has 0 aliphatic heterocycles. The van der Waals surface area contributed by atoms with Crippen LogP contribution in [0.4, 0.5) is 18.9 Å². The van der Waals surface area contributed by atoms with Crippen molar-refractivity contribution >= 4 is 23.2 Å². The van der Waals surface area contributed by atoms with Crippen molar-refractivity contribution in [2.24, 2.45) is 0 Å². The smallest absolute Gasteiger partial charge is 0.433 e. The van der Waals surface area contributed by atoms with Crippen molar-refractivity contribution in [3.05, 3.63) is 65.7 Å². The van der Waals surface area contributed by atoms with Crippen molar-refractivity contribution in [2.45, 2.75) is 26.6 Å². The summed E-state index contributed by atoms with van der Waals surface area (Å²) in [4.78, 5) is 28.8. The van der Waals surface area contributed by atoms with Gasteiger partial charge in [0.25, 0.3) is 0 Å². The Bertz CT molecular complexity index is 1380. The van der Waals surface area contributed by atoms with Gasteiger partial charge in [-0.05, 0) is 38.1 Å². The van der Waals surface area contributed by atoms with Crippen LogP contribution in [0.2, 0.25) is 0 Å². The van der Waals surface area contributed by atoms with Crippen LogP contribution in [0.15, 0.2) is 48.8 Å². The zero-order chi connectivity index (χ0) is 24.5. The van der Waals surface area contributed by atoms with Crippen LogP contribution in [-0.2, 0) is 22.3 Å². The number of carbonyl (C=O) groups excluding carboxylic acids is 2. The highest BCUT2D eigenvalue weighted by molar-refractivity contribution is 5.96. The second-order valence-electron chi connectivity index (χ2n) is 7.30. The summed E-state index contributed by atoms with van der Waals surface area (Å²) >= 11 is 0. The zero-order valence-electron chi connectivity index (χ0n) is 18.1. The summed E-state index contributed by atoms with van der Waals surface area (Å²) in [5, 5.41) is 10.6. The van der Waals surface area contributed by atoms with E-state index in [1.54, 1.807) is 37.3 Å². The number of nitrogens with zero attached hydrogens (tertiary/aromatic N) is 5. The third kappa shape index (κ3) is 4.60. The van der Waals surface area contributed by atoms with Crippen LogP contribution in [-0.4, -0.2) is 42.9 Å². The topological polar surface area (TPSA) is 103 Å². The lowest BCUT2D eigenvalue weighted by molar-refractivity contribution is -0.144. The molecule has 3 heterocycles. The molecule has 0 bridgehead atoms. The SMILES string of the molecule is CCOC(=O)c1cnn2c(-c3cccc(NC(=O)Cn4nc(C)cc4C(F)(F)F)c3)ccnc12. The number of carbonyl (C=O) groups is 2. The van der Waals surface area contributed by atoms with Gasteiger partial charge in [0.05, 0.1) is 24.2 Å². The van der Waals surface area contributed by atoms with E-state index in [-0.39, 0.29) is 17.9 Å². The largest absolute Gasteiger partial charge is 0.462 e. The Kier molecular flexibility index (Phi) is 6.05. The van der Waals surface area contributed by atoms with Gasteiger partial charge in [-0.1, -0.05) is 12.1 Å². The Balaban J connectivity index is 1.58. The first-order valence-electron chi connectivity index (χ1n) is 10.2. The van der Waals surface area contributed by atoms with Gasteiger partial charge in [-0.15, -0.1) is 0 Å². The number of anilines is 1. The summed E-state index contributed by atoms with van der Waals surface area (Å²) in [6, 6.07) is 9.24. The van der Waals surface area contributed by atoms with E-state index in [0.29, 0.717) is 27.3 Å². The van der Waals surface area contributed by atoms with E-state index < -0.39 is 30.3 Å². The van der Waals surface area contributed by atoms with E-state index in [9.17, 15) is 22.8 Å². The minimum absolute atomic E-state index is 0.158. The first-order valence-corrected chi connectivity index (χ1v) is 10.2. The van der Waals surface area contributed by atoms with Crippen molar-refractivity contribution in [2.75, 3.05) is 11.9 Å². The van der Waals surface area contributed by atoms with Crippen LogP contribution in [0, 0.1) is 6.92 Å². The number of hydrogen-bond donors (Lipinski definition) is 1. The van der Waals surface area contributed by atoms with E-state index in [0.717, 1.165) is 6.07 Å². The van der Waals surface area contributed by atoms with Crippen LogP contribution < -0.4 is 5.32 Å². The highest BCUT2D eigenvalue weighted by Crippen LogP contribution is 2.30. The molecule has 0 saturated carbocycles. The molecule has 0 unspecified atom stereocenters. The fourth-order valence-electron chi connectivity index (χ4n) is 3.45. The lowest BCUT2D eigenvalue weighted by Crippen LogP contribution is -2.23. The van der Waals surface area contributed by atoms with E-state index >= 15 is 0 Å². The summed E-state index contributed by atoms with van der Waals surface area (Å²) in [6.07, 6.45) is -1.75. The molecule has 0 fully saturated rings. The Morgan fingerprint density at radius 2 is 1.97 bits per heavy atom. The Hall–Kier alpha value is -4.22. The van der Waals surface area contributed by atoms with Gasteiger partial charge in [-0.3, -0.25) is 9.48 Å². The van der Waals surface area contributed by atoms with Crippen molar-refractivity contribution < 1.29 is 27.5 Å². The molecule has 0 aliphatic rings. The molecule has 0 spiro atoms. The number of fused-ring (bicyclic) bond motifs is 1. The first kappa shape index (κ1) is 23.0. The molecule has 4 rings (SSSR count). The van der Waals surface area contributed by atoms with Crippen molar-refractivity contribution in [3.8, 4) is 11.3 Å². The summed E-state index contributed by atoms with van der Waals surface area (Å²) < 4.78 is 46.6. The van der Waals surface area contributed by atoms with Gasteiger partial charge in [0.15, 0.2) is 5.65 Å². The molecule has 4 aromatic rings. The number of hydrogen-bond acceptors (Lipinski definition) is 6. The number of rotatable bonds is 6. The van der Waals surface area contributed by atoms with Gasteiger partial charge in [-0.2, -0.15) is 23.4 Å². The van der Waals surface area contributed by atoms with Crippen LogP contribution in [0.3, 0.4) is 0 Å². The number of aromatic nitrogens is 5. The average molecular weight is 472 g/mol. The molecule has 1 amide bonds. The number of esters is 1. The summed E-state index contributed by atoms with van der Waals surface area (Å²) in [7, 11) is 0. The predicted molar refractivity (Wildman–Crippen MR) is 115 cm³/mol. The molecule has 0 saturated heterocycles. The molecule has 3 aromatic heterocycles. The van der Waals surface area contributed by atoms with E-state index in [1.165, 1.54) is 23.8 Å². The van der Waals surface area contributed by atoms with Crippen LogP contribution in [0.25, 0.3) is 16.9 Å². The van der Waals surface area contributed by atoms with E-state index in [4.69, 9.17) is 4.74 Å². The fraction of sp³-hybridized carbons (Fsp3) is 0.227. The zero-order valence-corrected chi connectivity index (χ0v) is 18.1. The maximum atomic E-state index is 13.2. The lowest BCUT2D eigenvalue weighted by atomic mass is 10.1. The molecule has 0 atom stereocenters. The third-order valence-corrected chi connectivity index (χ3v) is 4.82. The van der Waals surface area contributed by atoms with Gasteiger partial charge in [0, 0.05) is 17.4 Å². The number of amides is 1. The number of alkyl halides is 3. The molecule has 0 radical (unpaired) electrons. The Morgan fingerprint density at radius 1 is 1.18 bits per heavy atom. The number of benzene rings is 1. The van der Waals surface area contributed by atoms with Gasteiger partial charge < -0.3 is 10.1 Å². The highest BCUT2D eigenvalue weighted by atomic mass is 19.4. The molecule has 12 heteroatoms. The Morgan fingerprint density at radius 3 is 2.71 bits per heavy atom. The van der Waals surface area contributed by atoms with Crippen molar-refractivity contribution in [1.82, 2.24) is 24.4 Å². The van der Waals surface area contributed by atoms with E-state index in [1.807, 2.05) is 0 Å². The highest BCUT2D eigenvalue weighted by Gasteiger charge is 2.35. The van der Waals surface area contributed by atoms with Crippen molar-refractivity contribution in [3.63, 3.8) is 0 Å².